The summed E-state index contributed by atoms with van der Waals surface area (Å²) < 4.78 is 5.35. The molecular formula is C17H27N5O2. The number of hydrogen-bond acceptors (Lipinski definition) is 6. The number of morpholine rings is 1. The molecule has 1 aromatic rings. The monoisotopic (exact) mass is 333 g/mol. The number of aromatic nitrogens is 1. The second-order valence-corrected chi connectivity index (χ2v) is 6.41. The third-order valence-electron chi connectivity index (χ3n) is 4.63. The average molecular weight is 333 g/mol. The van der Waals surface area contributed by atoms with Gasteiger partial charge in [-0.1, -0.05) is 0 Å². The van der Waals surface area contributed by atoms with Crippen molar-refractivity contribution in [3.63, 3.8) is 0 Å². The summed E-state index contributed by atoms with van der Waals surface area (Å²) in [6.07, 6.45) is 1.75. The van der Waals surface area contributed by atoms with Gasteiger partial charge in [-0.15, -0.1) is 0 Å². The van der Waals surface area contributed by atoms with Crippen LogP contribution in [0, 0.1) is 0 Å². The molecule has 0 atom stereocenters. The second-order valence-electron chi connectivity index (χ2n) is 6.41. The zero-order valence-electron chi connectivity index (χ0n) is 14.4. The Bertz CT molecular complexity index is 522. The molecule has 1 N–H and O–H groups in total. The van der Waals surface area contributed by atoms with E-state index in [-0.39, 0.29) is 5.91 Å². The van der Waals surface area contributed by atoms with Crippen molar-refractivity contribution < 1.29 is 9.53 Å². The minimum atomic E-state index is 0.0305. The van der Waals surface area contributed by atoms with Crippen molar-refractivity contribution in [2.24, 2.45) is 0 Å². The Morgan fingerprint density at radius 3 is 2.58 bits per heavy atom. The topological polar surface area (TPSA) is 60.9 Å². The summed E-state index contributed by atoms with van der Waals surface area (Å²) in [6.45, 7) is 8.90. The molecule has 24 heavy (non-hydrogen) atoms. The third-order valence-corrected chi connectivity index (χ3v) is 4.63. The van der Waals surface area contributed by atoms with Crippen molar-refractivity contribution in [1.29, 1.82) is 0 Å². The number of carbonyl (C=O) groups is 1. The van der Waals surface area contributed by atoms with Crippen LogP contribution in [0.4, 0.5) is 5.69 Å². The highest BCUT2D eigenvalue weighted by molar-refractivity contribution is 5.92. The molecule has 1 aromatic heterocycles. The lowest BCUT2D eigenvalue weighted by Crippen LogP contribution is -2.47. The zero-order chi connectivity index (χ0) is 16.8. The molecule has 3 rings (SSSR count). The lowest BCUT2D eigenvalue weighted by molar-refractivity contribution is 0.0398. The van der Waals surface area contributed by atoms with Gasteiger partial charge < -0.3 is 19.9 Å². The van der Waals surface area contributed by atoms with Crippen LogP contribution in [-0.2, 0) is 4.74 Å². The maximum absolute atomic E-state index is 12.4. The average Bonchev–Trinajstić information content (AvgIpc) is 2.63. The Hall–Kier alpha value is -1.70. The number of amides is 1. The largest absolute Gasteiger partial charge is 0.383 e. The van der Waals surface area contributed by atoms with Gasteiger partial charge in [0, 0.05) is 52.4 Å². The van der Waals surface area contributed by atoms with E-state index in [0.717, 1.165) is 71.3 Å². The number of anilines is 1. The lowest BCUT2D eigenvalue weighted by atomic mass is 10.2. The number of likely N-dealkylation sites (N-methyl/N-ethyl adjacent to an activating group) is 1. The standard InChI is InChI=1S/C17H27N5O2/c1-20-6-8-22(9-7-20)17(23)16-3-2-15(14-19-16)18-4-5-21-10-12-24-13-11-21/h2-3,14,18H,4-13H2,1H3. The molecule has 132 valence electrons. The van der Waals surface area contributed by atoms with Gasteiger partial charge in [0.25, 0.3) is 5.91 Å². The van der Waals surface area contributed by atoms with Crippen LogP contribution in [0.5, 0.6) is 0 Å². The summed E-state index contributed by atoms with van der Waals surface area (Å²) in [6, 6.07) is 3.76. The Labute approximate surface area is 143 Å². The summed E-state index contributed by atoms with van der Waals surface area (Å²) in [5.41, 5.74) is 1.48. The van der Waals surface area contributed by atoms with E-state index in [0.29, 0.717) is 5.69 Å². The van der Waals surface area contributed by atoms with Gasteiger partial charge in [0.15, 0.2) is 0 Å². The van der Waals surface area contributed by atoms with Gasteiger partial charge in [-0.05, 0) is 19.2 Å². The van der Waals surface area contributed by atoms with E-state index in [4.69, 9.17) is 4.74 Å². The predicted molar refractivity (Wildman–Crippen MR) is 93.4 cm³/mol. The smallest absolute Gasteiger partial charge is 0.272 e. The number of piperazine rings is 1. The Morgan fingerprint density at radius 2 is 1.92 bits per heavy atom. The van der Waals surface area contributed by atoms with Gasteiger partial charge in [-0.2, -0.15) is 0 Å². The summed E-state index contributed by atoms with van der Waals surface area (Å²) in [5.74, 6) is 0.0305. The van der Waals surface area contributed by atoms with Crippen LogP contribution in [0.25, 0.3) is 0 Å². The lowest BCUT2D eigenvalue weighted by Gasteiger charge is -2.32. The van der Waals surface area contributed by atoms with Gasteiger partial charge in [-0.3, -0.25) is 9.69 Å². The van der Waals surface area contributed by atoms with Crippen LogP contribution >= 0.6 is 0 Å². The first-order valence-electron chi connectivity index (χ1n) is 8.70. The van der Waals surface area contributed by atoms with E-state index in [9.17, 15) is 4.79 Å². The Kier molecular flexibility index (Phi) is 6.01. The Morgan fingerprint density at radius 1 is 1.17 bits per heavy atom. The predicted octanol–water partition coefficient (Wildman–Crippen LogP) is 0.213. The molecule has 0 aliphatic carbocycles. The number of nitrogens with zero attached hydrogens (tertiary/aromatic N) is 4. The van der Waals surface area contributed by atoms with Crippen LogP contribution in [-0.4, -0.2) is 98.2 Å². The summed E-state index contributed by atoms with van der Waals surface area (Å²) in [7, 11) is 2.08. The minimum absolute atomic E-state index is 0.0305. The fraction of sp³-hybridized carbons (Fsp3) is 0.647. The molecule has 2 saturated heterocycles. The summed E-state index contributed by atoms with van der Waals surface area (Å²) in [4.78, 5) is 23.3. The van der Waals surface area contributed by atoms with Crippen LogP contribution in [0.3, 0.4) is 0 Å². The molecular weight excluding hydrogens is 306 g/mol. The fourth-order valence-electron chi connectivity index (χ4n) is 2.98. The highest BCUT2D eigenvalue weighted by atomic mass is 16.5. The number of rotatable bonds is 5. The molecule has 1 amide bonds. The third kappa shape index (κ3) is 4.66. The molecule has 3 heterocycles. The molecule has 0 bridgehead atoms. The highest BCUT2D eigenvalue weighted by Crippen LogP contribution is 2.10. The SMILES string of the molecule is CN1CCN(C(=O)c2ccc(NCCN3CCOCC3)cn2)CC1. The number of carbonyl (C=O) groups excluding carboxylic acids is 1. The van der Waals surface area contributed by atoms with Crippen LogP contribution in [0.1, 0.15) is 10.5 Å². The van der Waals surface area contributed by atoms with Crippen LogP contribution in [0.15, 0.2) is 18.3 Å². The van der Waals surface area contributed by atoms with Crippen molar-refractivity contribution in [3.8, 4) is 0 Å². The number of nitrogens with one attached hydrogen (secondary N) is 1. The fourth-order valence-corrected chi connectivity index (χ4v) is 2.98. The maximum Gasteiger partial charge on any atom is 0.272 e. The van der Waals surface area contributed by atoms with Gasteiger partial charge in [-0.25, -0.2) is 4.98 Å². The normalized spacial score (nSPS) is 20.1. The molecule has 0 unspecified atom stereocenters. The van der Waals surface area contributed by atoms with Crippen LogP contribution in [0.2, 0.25) is 0 Å². The molecule has 0 radical (unpaired) electrons. The van der Waals surface area contributed by atoms with Gasteiger partial charge in [0.05, 0.1) is 25.1 Å². The summed E-state index contributed by atoms with van der Waals surface area (Å²) in [5, 5.41) is 3.37. The van der Waals surface area contributed by atoms with E-state index < -0.39 is 0 Å². The second kappa shape index (κ2) is 8.41. The van der Waals surface area contributed by atoms with Crippen molar-refractivity contribution in [1.82, 2.24) is 19.7 Å². The van der Waals surface area contributed by atoms with E-state index in [1.807, 2.05) is 17.0 Å². The molecule has 2 fully saturated rings. The maximum atomic E-state index is 12.4. The first-order chi connectivity index (χ1) is 11.7. The van der Waals surface area contributed by atoms with E-state index in [1.165, 1.54) is 0 Å². The molecule has 0 saturated carbocycles. The first-order valence-corrected chi connectivity index (χ1v) is 8.70. The van der Waals surface area contributed by atoms with Crippen molar-refractivity contribution in [3.05, 3.63) is 24.0 Å². The molecule has 7 nitrogen and oxygen atoms in total. The summed E-state index contributed by atoms with van der Waals surface area (Å²) >= 11 is 0. The van der Waals surface area contributed by atoms with E-state index in [1.54, 1.807) is 6.20 Å². The molecule has 2 aliphatic heterocycles. The number of ether oxygens (including phenoxy) is 1. The number of hydrogen-bond donors (Lipinski definition) is 1. The highest BCUT2D eigenvalue weighted by Gasteiger charge is 2.21. The molecule has 0 spiro atoms. The molecule has 0 aromatic carbocycles. The minimum Gasteiger partial charge on any atom is -0.383 e. The van der Waals surface area contributed by atoms with Gasteiger partial charge in [0.2, 0.25) is 0 Å². The molecule has 2 aliphatic rings. The van der Waals surface area contributed by atoms with E-state index >= 15 is 0 Å². The van der Waals surface area contributed by atoms with Gasteiger partial charge in [0.1, 0.15) is 5.69 Å². The number of pyridine rings is 1. The van der Waals surface area contributed by atoms with Gasteiger partial charge >= 0.3 is 0 Å². The molecule has 7 heteroatoms. The van der Waals surface area contributed by atoms with Crippen molar-refractivity contribution >= 4 is 11.6 Å². The van der Waals surface area contributed by atoms with Crippen LogP contribution < -0.4 is 5.32 Å². The Balaban J connectivity index is 1.45. The van der Waals surface area contributed by atoms with Crippen molar-refractivity contribution in [2.75, 3.05) is 77.9 Å². The first kappa shape index (κ1) is 17.1. The quantitative estimate of drug-likeness (QED) is 0.831. The van der Waals surface area contributed by atoms with E-state index in [2.05, 4.69) is 27.1 Å². The zero-order valence-corrected chi connectivity index (χ0v) is 14.4. The van der Waals surface area contributed by atoms with Crippen molar-refractivity contribution in [2.45, 2.75) is 0 Å².